The number of benzene rings is 2. The quantitative estimate of drug-likeness (QED) is 0.452. The Morgan fingerprint density at radius 2 is 1.61 bits per heavy atom. The van der Waals surface area contributed by atoms with E-state index in [9.17, 15) is 0 Å². The fourth-order valence-electron chi connectivity index (χ4n) is 3.34. The number of nitrogens with zero attached hydrogens (tertiary/aromatic N) is 1. The lowest BCUT2D eigenvalue weighted by atomic mass is 9.99. The number of pyridine rings is 1. The molecule has 2 aromatic carbocycles. The van der Waals surface area contributed by atoms with Crippen molar-refractivity contribution in [3.05, 3.63) is 65.4 Å². The van der Waals surface area contributed by atoms with Crippen molar-refractivity contribution in [1.82, 2.24) is 0 Å². The summed E-state index contributed by atoms with van der Waals surface area (Å²) in [6.07, 6.45) is 2.11. The Hall–Kier alpha value is -2.61. The van der Waals surface area contributed by atoms with Crippen molar-refractivity contribution in [2.24, 2.45) is 7.05 Å². The fourth-order valence-corrected chi connectivity index (χ4v) is 3.34. The molecule has 0 aliphatic heterocycles. The summed E-state index contributed by atoms with van der Waals surface area (Å²) in [7, 11) is 2.08. The van der Waals surface area contributed by atoms with Crippen LogP contribution in [0.3, 0.4) is 0 Å². The van der Waals surface area contributed by atoms with Crippen molar-refractivity contribution in [3.63, 3.8) is 0 Å². The monoisotopic (exact) mass is 302 g/mol. The molecule has 2 aromatic heterocycles. The van der Waals surface area contributed by atoms with E-state index >= 15 is 0 Å². The molecule has 114 valence electrons. The van der Waals surface area contributed by atoms with Crippen LogP contribution in [-0.2, 0) is 7.05 Å². The number of fused-ring (bicyclic) bond motifs is 3. The van der Waals surface area contributed by atoms with Crippen LogP contribution in [0.25, 0.3) is 33.2 Å². The van der Waals surface area contributed by atoms with Gasteiger partial charge >= 0.3 is 0 Å². The van der Waals surface area contributed by atoms with Gasteiger partial charge in [-0.1, -0.05) is 30.3 Å². The van der Waals surface area contributed by atoms with Crippen LogP contribution in [0.15, 0.2) is 53.1 Å². The van der Waals surface area contributed by atoms with E-state index in [1.165, 1.54) is 38.7 Å². The van der Waals surface area contributed by atoms with Crippen molar-refractivity contribution in [1.29, 1.82) is 0 Å². The first-order valence-corrected chi connectivity index (χ1v) is 7.94. The standard InChI is InChI=1S/C21H20NO/c1-13-10-11-22(4)18(12-13)19-14(2)8-9-17-16-7-5-6-15(3)20(16)23-21(17)19/h5-12H,1-4H3/q+1. The Morgan fingerprint density at radius 1 is 0.826 bits per heavy atom. The minimum Gasteiger partial charge on any atom is -0.455 e. The average molecular weight is 302 g/mol. The van der Waals surface area contributed by atoms with E-state index in [1.54, 1.807) is 0 Å². The van der Waals surface area contributed by atoms with E-state index in [2.05, 4.69) is 81.0 Å². The Labute approximate surface area is 136 Å². The number of furan rings is 1. The van der Waals surface area contributed by atoms with Crippen LogP contribution in [0, 0.1) is 20.8 Å². The Kier molecular flexibility index (Phi) is 3.02. The van der Waals surface area contributed by atoms with Crippen molar-refractivity contribution < 1.29 is 8.98 Å². The second-order valence-electron chi connectivity index (χ2n) is 6.39. The van der Waals surface area contributed by atoms with Crippen LogP contribution in [0.4, 0.5) is 0 Å². The van der Waals surface area contributed by atoms with E-state index in [1.807, 2.05) is 0 Å². The summed E-state index contributed by atoms with van der Waals surface area (Å²) < 4.78 is 8.49. The van der Waals surface area contributed by atoms with Crippen LogP contribution >= 0.6 is 0 Å². The van der Waals surface area contributed by atoms with Gasteiger partial charge in [-0.15, -0.1) is 0 Å². The second kappa shape index (κ2) is 4.95. The molecule has 0 N–H and O–H groups in total. The minimum absolute atomic E-state index is 0.982. The predicted molar refractivity (Wildman–Crippen MR) is 94.5 cm³/mol. The molecule has 0 amide bonds. The Morgan fingerprint density at radius 3 is 2.43 bits per heavy atom. The fraction of sp³-hybridized carbons (Fsp3) is 0.190. The number of aromatic nitrogens is 1. The van der Waals surface area contributed by atoms with Crippen LogP contribution in [0.2, 0.25) is 0 Å². The molecule has 0 atom stereocenters. The molecule has 0 radical (unpaired) electrons. The molecule has 4 rings (SSSR count). The minimum atomic E-state index is 0.982. The molecule has 2 nitrogen and oxygen atoms in total. The average Bonchev–Trinajstić information content (AvgIpc) is 2.90. The lowest BCUT2D eigenvalue weighted by molar-refractivity contribution is -0.660. The first-order chi connectivity index (χ1) is 11.1. The summed E-state index contributed by atoms with van der Waals surface area (Å²) in [5.41, 5.74) is 8.00. The van der Waals surface area contributed by atoms with E-state index in [-0.39, 0.29) is 0 Å². The third-order valence-electron chi connectivity index (χ3n) is 4.63. The summed E-state index contributed by atoms with van der Waals surface area (Å²) in [4.78, 5) is 0. The van der Waals surface area contributed by atoms with Gasteiger partial charge in [0.05, 0.1) is 5.56 Å². The maximum absolute atomic E-state index is 6.33. The zero-order valence-corrected chi connectivity index (χ0v) is 14.0. The van der Waals surface area contributed by atoms with Gasteiger partial charge in [-0.3, -0.25) is 0 Å². The lowest BCUT2D eigenvalue weighted by Crippen LogP contribution is -2.30. The molecule has 0 fully saturated rings. The number of hydrogen-bond donors (Lipinski definition) is 0. The molecule has 23 heavy (non-hydrogen) atoms. The van der Waals surface area contributed by atoms with Gasteiger partial charge in [0.15, 0.2) is 6.20 Å². The number of para-hydroxylation sites is 1. The Bertz CT molecular complexity index is 1060. The molecular formula is C21H20NO+. The maximum atomic E-state index is 6.33. The van der Waals surface area contributed by atoms with Crippen molar-refractivity contribution in [2.45, 2.75) is 20.8 Å². The van der Waals surface area contributed by atoms with Crippen molar-refractivity contribution >= 4 is 21.9 Å². The van der Waals surface area contributed by atoms with Gasteiger partial charge in [0.25, 0.3) is 0 Å². The zero-order chi connectivity index (χ0) is 16.1. The highest BCUT2D eigenvalue weighted by Gasteiger charge is 2.20. The summed E-state index contributed by atoms with van der Waals surface area (Å²) in [6, 6.07) is 15.1. The van der Waals surface area contributed by atoms with Gasteiger partial charge in [0.2, 0.25) is 5.69 Å². The topological polar surface area (TPSA) is 17.0 Å². The predicted octanol–water partition coefficient (Wildman–Crippen LogP) is 5.00. The molecule has 2 heteroatoms. The molecule has 0 saturated carbocycles. The molecule has 0 aliphatic rings. The third-order valence-corrected chi connectivity index (χ3v) is 4.63. The molecule has 0 saturated heterocycles. The summed E-state index contributed by atoms with van der Waals surface area (Å²) in [5, 5.41) is 2.38. The maximum Gasteiger partial charge on any atom is 0.216 e. The molecule has 0 bridgehead atoms. The third kappa shape index (κ3) is 2.06. The lowest BCUT2D eigenvalue weighted by Gasteiger charge is -2.06. The van der Waals surface area contributed by atoms with Crippen LogP contribution in [0.1, 0.15) is 16.7 Å². The van der Waals surface area contributed by atoms with E-state index < -0.39 is 0 Å². The number of aryl methyl sites for hydroxylation is 4. The van der Waals surface area contributed by atoms with E-state index in [4.69, 9.17) is 4.42 Å². The molecule has 4 aromatic rings. The van der Waals surface area contributed by atoms with Gasteiger partial charge in [-0.25, -0.2) is 4.57 Å². The highest BCUT2D eigenvalue weighted by Crippen LogP contribution is 2.37. The highest BCUT2D eigenvalue weighted by atomic mass is 16.3. The normalized spacial score (nSPS) is 11.5. The summed E-state index contributed by atoms with van der Waals surface area (Å²) in [6.45, 7) is 6.38. The first kappa shape index (κ1) is 14.0. The second-order valence-corrected chi connectivity index (χ2v) is 6.39. The molecule has 0 spiro atoms. The van der Waals surface area contributed by atoms with Gasteiger partial charge in [0, 0.05) is 22.9 Å². The summed E-state index contributed by atoms with van der Waals surface area (Å²) >= 11 is 0. The van der Waals surface area contributed by atoms with Crippen LogP contribution in [-0.4, -0.2) is 0 Å². The smallest absolute Gasteiger partial charge is 0.216 e. The van der Waals surface area contributed by atoms with Crippen LogP contribution in [0.5, 0.6) is 0 Å². The first-order valence-electron chi connectivity index (χ1n) is 7.94. The van der Waals surface area contributed by atoms with Crippen molar-refractivity contribution in [3.8, 4) is 11.3 Å². The molecular weight excluding hydrogens is 282 g/mol. The largest absolute Gasteiger partial charge is 0.455 e. The number of rotatable bonds is 1. The van der Waals surface area contributed by atoms with Gasteiger partial charge in [-0.2, -0.15) is 0 Å². The van der Waals surface area contributed by atoms with Gasteiger partial charge in [0.1, 0.15) is 18.2 Å². The Balaban J connectivity index is 2.18. The molecule has 0 unspecified atom stereocenters. The SMILES string of the molecule is Cc1cc[n+](C)c(-c2c(C)ccc3c2oc2c(C)cccc23)c1. The zero-order valence-electron chi connectivity index (χ0n) is 14.0. The number of hydrogen-bond acceptors (Lipinski definition) is 1. The van der Waals surface area contributed by atoms with E-state index in [0.29, 0.717) is 0 Å². The molecule has 0 aliphatic carbocycles. The van der Waals surface area contributed by atoms with Crippen LogP contribution < -0.4 is 4.57 Å². The van der Waals surface area contributed by atoms with Gasteiger partial charge in [-0.05, 0) is 37.5 Å². The molecule has 2 heterocycles. The van der Waals surface area contributed by atoms with Gasteiger partial charge < -0.3 is 4.42 Å². The van der Waals surface area contributed by atoms with Crippen molar-refractivity contribution in [2.75, 3.05) is 0 Å². The van der Waals surface area contributed by atoms with E-state index in [0.717, 1.165) is 11.2 Å². The summed E-state index contributed by atoms with van der Waals surface area (Å²) in [5.74, 6) is 0. The highest BCUT2D eigenvalue weighted by molar-refractivity contribution is 6.10.